The van der Waals surface area contributed by atoms with Crippen LogP contribution in [0.25, 0.3) is 0 Å². The van der Waals surface area contributed by atoms with Gasteiger partial charge in [-0.3, -0.25) is 4.79 Å². The quantitative estimate of drug-likeness (QED) is 0.0924. The van der Waals surface area contributed by atoms with Crippen molar-refractivity contribution in [3.05, 3.63) is 57.0 Å². The van der Waals surface area contributed by atoms with Gasteiger partial charge in [0, 0.05) is 14.9 Å². The van der Waals surface area contributed by atoms with Crippen LogP contribution in [-0.4, -0.2) is 51.0 Å². The lowest BCUT2D eigenvalue weighted by atomic mass is 9.99. The maximum absolute atomic E-state index is 13.7. The van der Waals surface area contributed by atoms with Crippen molar-refractivity contribution in [2.75, 3.05) is 0 Å². The summed E-state index contributed by atoms with van der Waals surface area (Å²) in [5.74, 6) is -2.67. The number of carboxylic acid groups (broad SMARTS) is 1. The fourth-order valence-corrected chi connectivity index (χ4v) is 3.51. The number of hydrogen-bond donors (Lipinski definition) is 4. The number of aliphatic carboxylic acids is 1. The average Bonchev–Trinajstić information content (AvgIpc) is 2.87. The lowest BCUT2D eigenvalue weighted by molar-refractivity contribution is -0.147. The Morgan fingerprint density at radius 3 is 1.54 bits per heavy atom. The van der Waals surface area contributed by atoms with E-state index in [0.29, 0.717) is 14.7 Å². The standard InChI is InChI=1S/C14H17BrFNO3.C11H12BrFO3.C2H6N2O/c1-8(2)14(12(18)6-9(3)17-19)20-13-5-4-10(15)7-11(13)16;1-6(2)10(11(14)15)16-9-4-3-7(12)5-8(9)13;1-2(3)4-5/h4-5,7-8,14,19H,6H2,1-3H3;3-6,10H,1-2H3,(H,14,15);5H,1H3,(H2,3,4)/b17-9+;;/t14-;10-;/m00./s1. The van der Waals surface area contributed by atoms with E-state index >= 15 is 0 Å². The number of amidine groups is 1. The second-order valence-corrected chi connectivity index (χ2v) is 11.1. The summed E-state index contributed by atoms with van der Waals surface area (Å²) >= 11 is 6.26. The summed E-state index contributed by atoms with van der Waals surface area (Å²) in [7, 11) is 0. The third kappa shape index (κ3) is 14.8. The molecule has 0 radical (unpaired) electrons. The number of nitrogens with two attached hydrogens (primary N) is 1. The molecule has 0 aliphatic rings. The van der Waals surface area contributed by atoms with E-state index in [9.17, 15) is 18.4 Å². The van der Waals surface area contributed by atoms with Crippen LogP contribution in [0.5, 0.6) is 11.5 Å². The van der Waals surface area contributed by atoms with Crippen LogP contribution in [0.4, 0.5) is 8.78 Å². The van der Waals surface area contributed by atoms with Crippen molar-refractivity contribution in [2.45, 2.75) is 60.2 Å². The molecule has 0 saturated heterocycles. The Morgan fingerprint density at radius 2 is 1.24 bits per heavy atom. The van der Waals surface area contributed by atoms with Crippen LogP contribution >= 0.6 is 31.9 Å². The molecule has 0 bridgehead atoms. The first kappa shape index (κ1) is 37.7. The molecule has 0 amide bonds. The van der Waals surface area contributed by atoms with Gasteiger partial charge in [-0.2, -0.15) is 0 Å². The lowest BCUT2D eigenvalue weighted by Gasteiger charge is -2.21. The summed E-state index contributed by atoms with van der Waals surface area (Å²) in [6.45, 7) is 10.1. The van der Waals surface area contributed by atoms with Crippen LogP contribution in [0, 0.1) is 23.5 Å². The fourth-order valence-electron chi connectivity index (χ4n) is 2.85. The Balaban J connectivity index is 0.000000681. The molecule has 0 aromatic heterocycles. The number of benzene rings is 2. The zero-order valence-corrected chi connectivity index (χ0v) is 26.6. The molecule has 2 aromatic rings. The van der Waals surface area contributed by atoms with Crippen molar-refractivity contribution < 1.29 is 43.4 Å². The highest BCUT2D eigenvalue weighted by Crippen LogP contribution is 2.25. The first-order valence-electron chi connectivity index (χ1n) is 12.1. The van der Waals surface area contributed by atoms with E-state index in [1.807, 2.05) is 13.8 Å². The number of halogens is 4. The molecule has 2 atom stereocenters. The van der Waals surface area contributed by atoms with Gasteiger partial charge in [-0.05, 0) is 56.2 Å². The Kier molecular flexibility index (Phi) is 17.5. The second kappa shape index (κ2) is 19.0. The SMILES string of the molecule is C/C(CC(=O)[C@@H](Oc1ccc(Br)cc1F)C(C)C)=N\O.C/C(N)=N/O.CC(C)[C@H](Oc1ccc(Br)cc1F)C(=O)O. The molecule has 2 rings (SSSR count). The summed E-state index contributed by atoms with van der Waals surface area (Å²) in [6, 6.07) is 8.61. The molecule has 14 heteroatoms. The summed E-state index contributed by atoms with van der Waals surface area (Å²) in [4.78, 5) is 23.0. The smallest absolute Gasteiger partial charge is 0.345 e. The van der Waals surface area contributed by atoms with Crippen LogP contribution in [0.2, 0.25) is 0 Å². The van der Waals surface area contributed by atoms with E-state index in [0.717, 1.165) is 0 Å². The maximum Gasteiger partial charge on any atom is 0.345 e. The number of nitrogens with zero attached hydrogens (tertiary/aromatic N) is 2. The summed E-state index contributed by atoms with van der Waals surface area (Å²) < 4.78 is 38.9. The Morgan fingerprint density at radius 1 is 0.854 bits per heavy atom. The number of Topliss-reactive ketones (excluding diaryl/α,β-unsaturated/α-hetero) is 1. The lowest BCUT2D eigenvalue weighted by Crippen LogP contribution is -2.34. The van der Waals surface area contributed by atoms with E-state index < -0.39 is 29.8 Å². The molecule has 0 spiro atoms. The third-order valence-corrected chi connectivity index (χ3v) is 5.81. The van der Waals surface area contributed by atoms with Gasteiger partial charge in [0.05, 0.1) is 12.1 Å². The van der Waals surface area contributed by atoms with E-state index in [2.05, 4.69) is 42.2 Å². The van der Waals surface area contributed by atoms with Gasteiger partial charge in [-0.25, -0.2) is 13.6 Å². The number of ketones is 1. The zero-order valence-electron chi connectivity index (χ0n) is 23.4. The summed E-state index contributed by atoms with van der Waals surface area (Å²) in [5.41, 5.74) is 5.08. The molecule has 0 aliphatic heterocycles. The third-order valence-electron chi connectivity index (χ3n) is 4.83. The summed E-state index contributed by atoms with van der Waals surface area (Å²) in [5, 5.41) is 30.6. The number of carbonyl (C=O) groups is 2. The molecule has 0 saturated carbocycles. The van der Waals surface area contributed by atoms with Crippen molar-refractivity contribution in [3.8, 4) is 11.5 Å². The maximum atomic E-state index is 13.7. The largest absolute Gasteiger partial charge is 0.479 e. The topological polar surface area (TPSA) is 164 Å². The van der Waals surface area contributed by atoms with Gasteiger partial charge in [-0.1, -0.05) is 69.9 Å². The molecule has 0 fully saturated rings. The first-order chi connectivity index (χ1) is 19.0. The second-order valence-electron chi connectivity index (χ2n) is 9.27. The number of ether oxygens (including phenoxy) is 2. The van der Waals surface area contributed by atoms with E-state index in [-0.39, 0.29) is 41.4 Å². The molecule has 10 nitrogen and oxygen atoms in total. The van der Waals surface area contributed by atoms with Crippen molar-refractivity contribution in [1.82, 2.24) is 0 Å². The minimum atomic E-state index is -1.10. The fraction of sp³-hybridized carbons (Fsp3) is 0.407. The van der Waals surface area contributed by atoms with Crippen molar-refractivity contribution in [1.29, 1.82) is 0 Å². The molecular formula is C27H35Br2F2N3O7. The van der Waals surface area contributed by atoms with E-state index in [1.165, 1.54) is 38.1 Å². The van der Waals surface area contributed by atoms with Crippen molar-refractivity contribution >= 4 is 55.2 Å². The Labute approximate surface area is 254 Å². The number of rotatable bonds is 10. The highest BCUT2D eigenvalue weighted by atomic mass is 79.9. The van der Waals surface area contributed by atoms with Gasteiger partial charge in [-0.15, -0.1) is 0 Å². The monoisotopic (exact) mass is 709 g/mol. The van der Waals surface area contributed by atoms with E-state index in [1.54, 1.807) is 26.0 Å². The van der Waals surface area contributed by atoms with Crippen molar-refractivity contribution in [3.63, 3.8) is 0 Å². The van der Waals surface area contributed by atoms with Gasteiger partial charge in [0.25, 0.3) is 0 Å². The number of carboxylic acids is 1. The zero-order chi connectivity index (χ0) is 31.9. The van der Waals surface area contributed by atoms with Crippen LogP contribution < -0.4 is 15.2 Å². The molecule has 41 heavy (non-hydrogen) atoms. The first-order valence-corrected chi connectivity index (χ1v) is 13.7. The molecular weight excluding hydrogens is 676 g/mol. The van der Waals surface area contributed by atoms with Gasteiger partial charge in [0.2, 0.25) is 0 Å². The highest BCUT2D eigenvalue weighted by molar-refractivity contribution is 9.10. The number of oxime groups is 2. The van der Waals surface area contributed by atoms with Crippen LogP contribution in [0.15, 0.2) is 55.7 Å². The van der Waals surface area contributed by atoms with Gasteiger partial charge in [0.1, 0.15) is 5.84 Å². The van der Waals surface area contributed by atoms with Crippen LogP contribution in [-0.2, 0) is 9.59 Å². The van der Waals surface area contributed by atoms with E-state index in [4.69, 9.17) is 30.7 Å². The molecule has 228 valence electrons. The Hall–Kier alpha value is -3.26. The normalized spacial score (nSPS) is 12.9. The predicted molar refractivity (Wildman–Crippen MR) is 158 cm³/mol. The Bertz CT molecular complexity index is 1210. The molecule has 0 aliphatic carbocycles. The summed E-state index contributed by atoms with van der Waals surface area (Å²) in [6.07, 6.45) is -1.87. The highest BCUT2D eigenvalue weighted by Gasteiger charge is 2.26. The van der Waals surface area contributed by atoms with Gasteiger partial charge in [0.15, 0.2) is 41.1 Å². The van der Waals surface area contributed by atoms with Gasteiger partial charge >= 0.3 is 5.97 Å². The minimum Gasteiger partial charge on any atom is -0.479 e. The van der Waals surface area contributed by atoms with Crippen LogP contribution in [0.3, 0.4) is 0 Å². The number of hydrogen-bond acceptors (Lipinski definition) is 8. The molecule has 5 N–H and O–H groups in total. The van der Waals surface area contributed by atoms with Gasteiger partial charge < -0.3 is 30.7 Å². The molecule has 0 unspecified atom stereocenters. The molecule has 2 aromatic carbocycles. The van der Waals surface area contributed by atoms with Crippen molar-refractivity contribution in [2.24, 2.45) is 27.9 Å². The number of carbonyl (C=O) groups excluding carboxylic acids is 1. The average molecular weight is 711 g/mol. The molecule has 0 heterocycles. The minimum absolute atomic E-state index is 0.0267. The van der Waals surface area contributed by atoms with Crippen LogP contribution in [0.1, 0.15) is 48.0 Å². The predicted octanol–water partition coefficient (Wildman–Crippen LogP) is 6.63.